The summed E-state index contributed by atoms with van der Waals surface area (Å²) in [5, 5.41) is 7.64. The van der Waals surface area contributed by atoms with Crippen LogP contribution in [-0.2, 0) is 0 Å². The van der Waals surface area contributed by atoms with E-state index < -0.39 is 0 Å². The number of fused-ring (bicyclic) bond motifs is 5. The Bertz CT molecular complexity index is 3860. The van der Waals surface area contributed by atoms with Crippen LogP contribution < -0.4 is 4.90 Å². The molecule has 2 nitrogen and oxygen atoms in total. The largest absolute Gasteiger partial charge is 0.309 e. The van der Waals surface area contributed by atoms with E-state index in [0.29, 0.717) is 5.92 Å². The molecular weight excluding hydrogens is 845 g/mol. The molecule has 12 aromatic rings. The van der Waals surface area contributed by atoms with Crippen LogP contribution in [0.4, 0.5) is 17.1 Å². The zero-order chi connectivity index (χ0) is 46.4. The Labute approximate surface area is 410 Å². The molecule has 13 rings (SSSR count). The summed E-state index contributed by atoms with van der Waals surface area (Å²) in [6.07, 6.45) is 6.39. The van der Waals surface area contributed by atoms with Crippen molar-refractivity contribution >= 4 is 60.4 Å². The van der Waals surface area contributed by atoms with Gasteiger partial charge in [0.15, 0.2) is 0 Å². The topological polar surface area (TPSA) is 8.17 Å². The summed E-state index contributed by atoms with van der Waals surface area (Å²) in [6, 6.07) is 92.3. The van der Waals surface area contributed by atoms with Crippen molar-refractivity contribution in [2.75, 3.05) is 4.90 Å². The Morgan fingerprint density at radius 2 is 0.957 bits per heavy atom. The maximum atomic E-state index is 2.56. The summed E-state index contributed by atoms with van der Waals surface area (Å²) in [6.45, 7) is 0. The van der Waals surface area contributed by atoms with Crippen LogP contribution in [0.25, 0.3) is 93.5 Å². The minimum atomic E-state index is 0.551. The van der Waals surface area contributed by atoms with E-state index in [2.05, 4.69) is 258 Å². The van der Waals surface area contributed by atoms with E-state index in [1.807, 2.05) is 0 Å². The summed E-state index contributed by atoms with van der Waals surface area (Å²) in [4.78, 5) is 2.56. The van der Waals surface area contributed by atoms with E-state index in [1.54, 1.807) is 0 Å². The normalized spacial score (nSPS) is 13.1. The molecule has 1 aliphatic carbocycles. The van der Waals surface area contributed by atoms with Gasteiger partial charge in [-0.3, -0.25) is 0 Å². The second-order valence-electron chi connectivity index (χ2n) is 19.0. The number of benzene rings is 11. The lowest BCUT2D eigenvalue weighted by Gasteiger charge is -2.31. The molecule has 2 heteroatoms. The van der Waals surface area contributed by atoms with Gasteiger partial charge in [-0.05, 0) is 116 Å². The van der Waals surface area contributed by atoms with Crippen LogP contribution in [0.2, 0.25) is 0 Å². The highest BCUT2D eigenvalue weighted by Crippen LogP contribution is 2.50. The van der Waals surface area contributed by atoms with Gasteiger partial charge in [0.1, 0.15) is 0 Å². The molecule has 1 saturated carbocycles. The summed E-state index contributed by atoms with van der Waals surface area (Å²) in [5.74, 6) is 0.551. The lowest BCUT2D eigenvalue weighted by molar-refractivity contribution is 0.445. The monoisotopic (exact) mass is 896 g/mol. The molecule has 0 bridgehead atoms. The Balaban J connectivity index is 1.10. The van der Waals surface area contributed by atoms with E-state index in [0.717, 1.165) is 33.9 Å². The first kappa shape index (κ1) is 41.7. The number of aromatic nitrogens is 1. The number of para-hydroxylation sites is 4. The fourth-order valence-electron chi connectivity index (χ4n) is 11.8. The summed E-state index contributed by atoms with van der Waals surface area (Å²) in [7, 11) is 0. The van der Waals surface area contributed by atoms with Crippen molar-refractivity contribution in [1.82, 2.24) is 4.57 Å². The highest BCUT2D eigenvalue weighted by molar-refractivity contribution is 6.14. The molecule has 0 aliphatic heterocycles. The van der Waals surface area contributed by atoms with Crippen molar-refractivity contribution in [2.24, 2.45) is 0 Å². The number of hydrogen-bond acceptors (Lipinski definition) is 1. The predicted octanol–water partition coefficient (Wildman–Crippen LogP) is 19.3. The van der Waals surface area contributed by atoms with Crippen LogP contribution in [0.3, 0.4) is 0 Å². The second-order valence-corrected chi connectivity index (χ2v) is 19.0. The van der Waals surface area contributed by atoms with Gasteiger partial charge in [0.05, 0.1) is 22.4 Å². The molecule has 0 amide bonds. The van der Waals surface area contributed by atoms with Crippen LogP contribution in [0.5, 0.6) is 0 Å². The van der Waals surface area contributed by atoms with Gasteiger partial charge in [-0.2, -0.15) is 0 Å². The average Bonchev–Trinajstić information content (AvgIpc) is 3.78. The van der Waals surface area contributed by atoms with Crippen LogP contribution in [0, 0.1) is 0 Å². The molecule has 1 fully saturated rings. The number of nitrogens with zero attached hydrogens (tertiary/aromatic N) is 2. The maximum absolute atomic E-state index is 2.56. The number of hydrogen-bond donors (Lipinski definition) is 0. The average molecular weight is 897 g/mol. The lowest BCUT2D eigenvalue weighted by Crippen LogP contribution is -2.13. The minimum absolute atomic E-state index is 0.551. The molecule has 1 aliphatic rings. The number of anilines is 3. The first-order valence-corrected chi connectivity index (χ1v) is 25.0. The molecule has 11 aromatic carbocycles. The standard InChI is InChI=1S/C68H52N2/c1-4-21-48(22-5-1)57-44-43-52(56-36-17-26-47-25-10-11-33-55(47)56)46-66(57)69(64-41-14-12-34-60(64)62-39-19-28-50-27-18-37-58(67(50)62)49-23-6-2-7-24-49)54-32-16-29-51(45-54)59-38-20-40-63-61-35-13-15-42-65(61)70(68(59)63)53-30-8-3-9-31-53/h1,3-5,8-22,25-46,49H,2,6-7,23-24H2. The van der Waals surface area contributed by atoms with Gasteiger partial charge in [-0.1, -0.05) is 226 Å². The molecular formula is C68H52N2. The van der Waals surface area contributed by atoms with Crippen LogP contribution in [-0.4, -0.2) is 4.57 Å². The first-order chi connectivity index (χ1) is 34.8. The third kappa shape index (κ3) is 7.27. The molecule has 0 radical (unpaired) electrons. The smallest absolute Gasteiger partial charge is 0.0619 e. The molecule has 1 heterocycles. The zero-order valence-corrected chi connectivity index (χ0v) is 39.2. The van der Waals surface area contributed by atoms with Crippen LogP contribution in [0.15, 0.2) is 249 Å². The van der Waals surface area contributed by atoms with Gasteiger partial charge in [-0.15, -0.1) is 0 Å². The maximum Gasteiger partial charge on any atom is 0.0619 e. The molecule has 0 unspecified atom stereocenters. The van der Waals surface area contributed by atoms with Gasteiger partial charge in [0.25, 0.3) is 0 Å². The van der Waals surface area contributed by atoms with E-state index >= 15 is 0 Å². The van der Waals surface area contributed by atoms with Gasteiger partial charge < -0.3 is 9.47 Å². The molecule has 0 N–H and O–H groups in total. The van der Waals surface area contributed by atoms with Crippen LogP contribution >= 0.6 is 0 Å². The Hall–Kier alpha value is -8.46. The SMILES string of the molecule is c1ccc(-c2ccc(-c3cccc4ccccc34)cc2N(c2cccc(-c3cccc4c5ccccc5n(-c5ccccc5)c34)c2)c2ccccc2-c2cccc3cccc(C4CCCCC4)c23)cc1. The molecule has 1 aromatic heterocycles. The van der Waals surface area contributed by atoms with Crippen molar-refractivity contribution < 1.29 is 0 Å². The van der Waals surface area contributed by atoms with Crippen molar-refractivity contribution in [3.05, 3.63) is 254 Å². The fraction of sp³-hybridized carbons (Fsp3) is 0.0882. The fourth-order valence-corrected chi connectivity index (χ4v) is 11.8. The van der Waals surface area contributed by atoms with Gasteiger partial charge in [0, 0.05) is 38.8 Å². The molecule has 0 saturated heterocycles. The molecule has 0 atom stereocenters. The molecule has 70 heavy (non-hydrogen) atoms. The zero-order valence-electron chi connectivity index (χ0n) is 39.2. The van der Waals surface area contributed by atoms with Crippen molar-refractivity contribution in [3.8, 4) is 50.2 Å². The summed E-state index contributed by atoms with van der Waals surface area (Å²) in [5.41, 5.74) is 17.9. The predicted molar refractivity (Wildman–Crippen MR) is 298 cm³/mol. The second kappa shape index (κ2) is 17.9. The third-order valence-electron chi connectivity index (χ3n) is 15.0. The molecule has 334 valence electrons. The van der Waals surface area contributed by atoms with E-state index in [-0.39, 0.29) is 0 Å². The Kier molecular flexibility index (Phi) is 10.7. The van der Waals surface area contributed by atoms with Gasteiger partial charge in [0.2, 0.25) is 0 Å². The van der Waals surface area contributed by atoms with E-state index in [1.165, 1.54) is 114 Å². The van der Waals surface area contributed by atoms with Gasteiger partial charge >= 0.3 is 0 Å². The first-order valence-electron chi connectivity index (χ1n) is 25.0. The van der Waals surface area contributed by atoms with Crippen molar-refractivity contribution in [2.45, 2.75) is 38.0 Å². The van der Waals surface area contributed by atoms with Crippen molar-refractivity contribution in [1.29, 1.82) is 0 Å². The van der Waals surface area contributed by atoms with E-state index in [9.17, 15) is 0 Å². The number of rotatable bonds is 9. The molecule has 0 spiro atoms. The lowest BCUT2D eigenvalue weighted by atomic mass is 9.80. The third-order valence-corrected chi connectivity index (χ3v) is 15.0. The highest BCUT2D eigenvalue weighted by Gasteiger charge is 2.26. The summed E-state index contributed by atoms with van der Waals surface area (Å²) >= 11 is 0. The summed E-state index contributed by atoms with van der Waals surface area (Å²) < 4.78 is 2.45. The van der Waals surface area contributed by atoms with Crippen molar-refractivity contribution in [3.63, 3.8) is 0 Å². The van der Waals surface area contributed by atoms with E-state index in [4.69, 9.17) is 0 Å². The Morgan fingerprint density at radius 3 is 1.81 bits per heavy atom. The highest BCUT2D eigenvalue weighted by atomic mass is 15.1. The van der Waals surface area contributed by atoms with Crippen LogP contribution in [0.1, 0.15) is 43.6 Å². The van der Waals surface area contributed by atoms with Gasteiger partial charge in [-0.25, -0.2) is 0 Å². The quantitative estimate of drug-likeness (QED) is 0.140. The Morgan fingerprint density at radius 1 is 0.357 bits per heavy atom. The minimum Gasteiger partial charge on any atom is -0.309 e.